The first kappa shape index (κ1) is 19.4. The van der Waals surface area contributed by atoms with E-state index in [9.17, 15) is 4.79 Å². The molecule has 0 radical (unpaired) electrons. The van der Waals surface area contributed by atoms with Gasteiger partial charge in [0.1, 0.15) is 16.7 Å². The van der Waals surface area contributed by atoms with Gasteiger partial charge >= 0.3 is 0 Å². The van der Waals surface area contributed by atoms with E-state index in [-0.39, 0.29) is 5.91 Å². The van der Waals surface area contributed by atoms with Crippen molar-refractivity contribution in [3.63, 3.8) is 0 Å². The highest BCUT2D eigenvalue weighted by atomic mass is 32.2. The van der Waals surface area contributed by atoms with Gasteiger partial charge < -0.3 is 4.74 Å². The van der Waals surface area contributed by atoms with E-state index in [1.807, 2.05) is 91.0 Å². The molecule has 1 fully saturated rings. The molecule has 0 aromatic heterocycles. The molecule has 1 amide bonds. The highest BCUT2D eigenvalue weighted by Crippen LogP contribution is 2.34. The number of rotatable bonds is 6. The molecule has 0 unspecified atom stereocenters. The number of carbonyl (C=O) groups excluding carboxylic acids is 1. The first-order chi connectivity index (χ1) is 14.2. The van der Waals surface area contributed by atoms with Crippen molar-refractivity contribution in [3.05, 3.63) is 107 Å². The highest BCUT2D eigenvalue weighted by molar-refractivity contribution is 8.26. The lowest BCUT2D eigenvalue weighted by molar-refractivity contribution is -0.122. The lowest BCUT2D eigenvalue weighted by Gasteiger charge is -2.14. The van der Waals surface area contributed by atoms with Crippen LogP contribution in [0.25, 0.3) is 6.08 Å². The van der Waals surface area contributed by atoms with Crippen LogP contribution in [-0.4, -0.2) is 15.1 Å². The van der Waals surface area contributed by atoms with Crippen LogP contribution in [0.3, 0.4) is 0 Å². The van der Waals surface area contributed by atoms with Crippen LogP contribution in [0.15, 0.2) is 89.8 Å². The fraction of sp³-hybridized carbons (Fsp3) is 0.0833. The summed E-state index contributed by atoms with van der Waals surface area (Å²) in [4.78, 5) is 15.1. The molecule has 0 N–H and O–H groups in total. The van der Waals surface area contributed by atoms with Gasteiger partial charge in [0.05, 0.1) is 11.4 Å². The molecule has 0 saturated carbocycles. The lowest BCUT2D eigenvalue weighted by atomic mass is 10.2. The van der Waals surface area contributed by atoms with Crippen LogP contribution in [0.2, 0.25) is 0 Å². The largest absolute Gasteiger partial charge is 0.489 e. The topological polar surface area (TPSA) is 29.5 Å². The number of thiocarbonyl (C=S) groups is 1. The second-order valence-corrected chi connectivity index (χ2v) is 8.28. The standard InChI is InChI=1S/C24H19NO2S2/c26-23-22(29-24(28)25(23)16-18-8-3-1-4-9-18)15-20-12-7-13-21(14-20)27-17-19-10-5-2-6-11-19/h1-15H,16-17H2/b22-15-. The maximum atomic E-state index is 12.8. The average molecular weight is 418 g/mol. The summed E-state index contributed by atoms with van der Waals surface area (Å²) in [5.74, 6) is 0.710. The Bertz CT molecular complexity index is 1050. The molecule has 3 aromatic rings. The SMILES string of the molecule is O=C1/C(=C/c2cccc(OCc3ccccc3)c2)SC(=S)N1Cc1ccccc1. The van der Waals surface area contributed by atoms with Gasteiger partial charge in [-0.15, -0.1) is 0 Å². The Morgan fingerprint density at radius 3 is 2.31 bits per heavy atom. The number of thioether (sulfide) groups is 1. The number of ether oxygens (including phenoxy) is 1. The second-order valence-electron chi connectivity index (χ2n) is 6.60. The molecule has 29 heavy (non-hydrogen) atoms. The summed E-state index contributed by atoms with van der Waals surface area (Å²) in [5.41, 5.74) is 3.08. The lowest BCUT2D eigenvalue weighted by Crippen LogP contribution is -2.27. The maximum absolute atomic E-state index is 12.8. The Morgan fingerprint density at radius 1 is 0.897 bits per heavy atom. The van der Waals surface area contributed by atoms with Crippen molar-refractivity contribution in [3.8, 4) is 5.75 Å². The van der Waals surface area contributed by atoms with E-state index in [0.717, 1.165) is 22.4 Å². The van der Waals surface area contributed by atoms with Gasteiger partial charge in [0.15, 0.2) is 0 Å². The van der Waals surface area contributed by atoms with Crippen molar-refractivity contribution in [2.75, 3.05) is 0 Å². The number of hydrogen-bond acceptors (Lipinski definition) is 4. The van der Waals surface area contributed by atoms with Crippen molar-refractivity contribution in [2.24, 2.45) is 0 Å². The van der Waals surface area contributed by atoms with Gasteiger partial charge in [-0.2, -0.15) is 0 Å². The fourth-order valence-corrected chi connectivity index (χ4v) is 4.24. The normalized spacial score (nSPS) is 15.2. The molecular weight excluding hydrogens is 398 g/mol. The Balaban J connectivity index is 1.46. The Morgan fingerprint density at radius 2 is 1.59 bits per heavy atom. The highest BCUT2D eigenvalue weighted by Gasteiger charge is 2.31. The first-order valence-electron chi connectivity index (χ1n) is 9.25. The van der Waals surface area contributed by atoms with Crippen LogP contribution in [0.5, 0.6) is 5.75 Å². The quantitative estimate of drug-likeness (QED) is 0.382. The number of carbonyl (C=O) groups is 1. The molecule has 0 spiro atoms. The third-order valence-electron chi connectivity index (χ3n) is 4.46. The molecular formula is C24H19NO2S2. The summed E-state index contributed by atoms with van der Waals surface area (Å²) in [7, 11) is 0. The van der Waals surface area contributed by atoms with E-state index in [0.29, 0.717) is 22.4 Å². The summed E-state index contributed by atoms with van der Waals surface area (Å²) in [6.07, 6.45) is 1.87. The van der Waals surface area contributed by atoms with Crippen LogP contribution in [-0.2, 0) is 17.9 Å². The zero-order valence-corrected chi connectivity index (χ0v) is 17.3. The Kier molecular flexibility index (Phi) is 6.08. The molecule has 1 saturated heterocycles. The van der Waals surface area contributed by atoms with E-state index in [2.05, 4.69) is 0 Å². The van der Waals surface area contributed by atoms with Gasteiger partial charge in [-0.3, -0.25) is 9.69 Å². The maximum Gasteiger partial charge on any atom is 0.266 e. The van der Waals surface area contributed by atoms with Crippen molar-refractivity contribution in [1.29, 1.82) is 0 Å². The van der Waals surface area contributed by atoms with Crippen LogP contribution in [0.4, 0.5) is 0 Å². The summed E-state index contributed by atoms with van der Waals surface area (Å²) in [6, 6.07) is 27.6. The average Bonchev–Trinajstić information content (AvgIpc) is 3.01. The van der Waals surface area contributed by atoms with Crippen molar-refractivity contribution < 1.29 is 9.53 Å². The van der Waals surface area contributed by atoms with Gasteiger partial charge in [-0.1, -0.05) is 96.8 Å². The summed E-state index contributed by atoms with van der Waals surface area (Å²) in [6.45, 7) is 0.993. The van der Waals surface area contributed by atoms with E-state index >= 15 is 0 Å². The van der Waals surface area contributed by atoms with Crippen molar-refractivity contribution in [1.82, 2.24) is 4.90 Å². The number of nitrogens with zero attached hydrogens (tertiary/aromatic N) is 1. The minimum absolute atomic E-state index is 0.0561. The molecule has 0 aliphatic carbocycles. The minimum atomic E-state index is -0.0561. The smallest absolute Gasteiger partial charge is 0.266 e. The van der Waals surface area contributed by atoms with Gasteiger partial charge in [0.2, 0.25) is 0 Å². The van der Waals surface area contributed by atoms with Crippen LogP contribution in [0.1, 0.15) is 16.7 Å². The first-order valence-corrected chi connectivity index (χ1v) is 10.5. The predicted octanol–water partition coefficient (Wildman–Crippen LogP) is 5.67. The van der Waals surface area contributed by atoms with E-state index < -0.39 is 0 Å². The second kappa shape index (κ2) is 9.07. The molecule has 1 aliphatic rings. The van der Waals surface area contributed by atoms with Crippen LogP contribution < -0.4 is 4.74 Å². The third-order valence-corrected chi connectivity index (χ3v) is 5.84. The van der Waals surface area contributed by atoms with Crippen LogP contribution >= 0.6 is 24.0 Å². The minimum Gasteiger partial charge on any atom is -0.489 e. The van der Waals surface area contributed by atoms with Gasteiger partial charge in [0, 0.05) is 0 Å². The zero-order chi connectivity index (χ0) is 20.1. The Hall–Kier alpha value is -2.89. The van der Waals surface area contributed by atoms with Crippen molar-refractivity contribution >= 4 is 40.3 Å². The summed E-state index contributed by atoms with van der Waals surface area (Å²) in [5, 5.41) is 0. The summed E-state index contributed by atoms with van der Waals surface area (Å²) >= 11 is 6.77. The molecule has 144 valence electrons. The monoisotopic (exact) mass is 417 g/mol. The molecule has 0 atom stereocenters. The molecule has 3 nitrogen and oxygen atoms in total. The number of hydrogen-bond donors (Lipinski definition) is 0. The molecule has 1 aliphatic heterocycles. The van der Waals surface area contributed by atoms with Gasteiger partial charge in [-0.25, -0.2) is 0 Å². The van der Waals surface area contributed by atoms with Crippen LogP contribution in [0, 0.1) is 0 Å². The molecule has 0 bridgehead atoms. The molecule has 5 heteroatoms. The third kappa shape index (κ3) is 4.94. The van der Waals surface area contributed by atoms with E-state index in [1.165, 1.54) is 11.8 Å². The molecule has 4 rings (SSSR count). The summed E-state index contributed by atoms with van der Waals surface area (Å²) < 4.78 is 6.47. The Labute approximate surface area is 180 Å². The van der Waals surface area contributed by atoms with Gasteiger partial charge in [0.25, 0.3) is 5.91 Å². The predicted molar refractivity (Wildman–Crippen MR) is 122 cm³/mol. The zero-order valence-electron chi connectivity index (χ0n) is 15.7. The van der Waals surface area contributed by atoms with E-state index in [1.54, 1.807) is 4.90 Å². The van der Waals surface area contributed by atoms with Crippen molar-refractivity contribution in [2.45, 2.75) is 13.2 Å². The number of amides is 1. The van der Waals surface area contributed by atoms with Gasteiger partial charge in [-0.05, 0) is 34.9 Å². The molecule has 3 aromatic carbocycles. The van der Waals surface area contributed by atoms with E-state index in [4.69, 9.17) is 17.0 Å². The fourth-order valence-electron chi connectivity index (χ4n) is 2.99. The number of benzene rings is 3. The molecule has 1 heterocycles.